The normalized spacial score (nSPS) is 19.1. The molecule has 0 radical (unpaired) electrons. The fourth-order valence-corrected chi connectivity index (χ4v) is 2.24. The molecule has 0 aromatic carbocycles. The fourth-order valence-electron chi connectivity index (χ4n) is 2.24. The lowest BCUT2D eigenvalue weighted by atomic mass is 10.1. The first-order valence-electron chi connectivity index (χ1n) is 7.17. The van der Waals surface area contributed by atoms with Crippen molar-refractivity contribution in [3.63, 3.8) is 0 Å². The van der Waals surface area contributed by atoms with Crippen LogP contribution in [0.2, 0.25) is 0 Å². The van der Waals surface area contributed by atoms with E-state index < -0.39 is 12.1 Å². The van der Waals surface area contributed by atoms with Crippen molar-refractivity contribution in [2.24, 2.45) is 0 Å². The van der Waals surface area contributed by atoms with Crippen LogP contribution in [-0.2, 0) is 4.79 Å². The summed E-state index contributed by atoms with van der Waals surface area (Å²) in [5, 5.41) is 22.8. The molecule has 7 nitrogen and oxygen atoms in total. The van der Waals surface area contributed by atoms with Crippen molar-refractivity contribution in [2.45, 2.75) is 44.8 Å². The molecular weight excluding hydrogens is 262 g/mol. The van der Waals surface area contributed by atoms with Gasteiger partial charge in [0.05, 0.1) is 0 Å². The SMILES string of the molecule is CC(CNC(=O)NCC[C@H](O)C(=O)O)N1CCCCC1. The monoisotopic (exact) mass is 287 g/mol. The zero-order chi connectivity index (χ0) is 15.0. The lowest BCUT2D eigenvalue weighted by Crippen LogP contribution is -2.47. The predicted octanol–water partition coefficient (Wildman–Crippen LogP) is -0.00440. The molecule has 2 amide bonds. The number of aliphatic hydroxyl groups excluding tert-OH is 1. The van der Waals surface area contributed by atoms with E-state index in [2.05, 4.69) is 22.5 Å². The number of nitrogens with one attached hydrogen (secondary N) is 2. The molecule has 1 heterocycles. The van der Waals surface area contributed by atoms with Gasteiger partial charge in [0.25, 0.3) is 0 Å². The number of aliphatic carboxylic acids is 1. The molecule has 0 bridgehead atoms. The first-order valence-corrected chi connectivity index (χ1v) is 7.17. The van der Waals surface area contributed by atoms with E-state index in [9.17, 15) is 9.59 Å². The molecule has 1 saturated heterocycles. The fraction of sp³-hybridized carbons (Fsp3) is 0.846. The van der Waals surface area contributed by atoms with Crippen molar-refractivity contribution in [1.82, 2.24) is 15.5 Å². The summed E-state index contributed by atoms with van der Waals surface area (Å²) in [6.45, 7) is 4.94. The Hall–Kier alpha value is -1.34. The average Bonchev–Trinajstić information content (AvgIpc) is 2.45. The number of hydrogen-bond donors (Lipinski definition) is 4. The molecule has 1 unspecified atom stereocenters. The van der Waals surface area contributed by atoms with Crippen molar-refractivity contribution in [3.8, 4) is 0 Å². The second-order valence-electron chi connectivity index (χ2n) is 5.23. The summed E-state index contributed by atoms with van der Waals surface area (Å²) in [5.74, 6) is -1.27. The molecule has 1 aliphatic heterocycles. The zero-order valence-corrected chi connectivity index (χ0v) is 12.0. The van der Waals surface area contributed by atoms with Gasteiger partial charge in [-0.15, -0.1) is 0 Å². The van der Waals surface area contributed by atoms with Crippen molar-refractivity contribution in [3.05, 3.63) is 0 Å². The van der Waals surface area contributed by atoms with Gasteiger partial charge in [-0.2, -0.15) is 0 Å². The highest BCUT2D eigenvalue weighted by molar-refractivity contribution is 5.74. The molecule has 0 aliphatic carbocycles. The molecule has 20 heavy (non-hydrogen) atoms. The number of nitrogens with zero attached hydrogens (tertiary/aromatic N) is 1. The summed E-state index contributed by atoms with van der Waals surface area (Å²) in [5.41, 5.74) is 0. The summed E-state index contributed by atoms with van der Waals surface area (Å²) in [6, 6.07) is -0.0305. The molecule has 0 spiro atoms. The third-order valence-corrected chi connectivity index (χ3v) is 3.56. The summed E-state index contributed by atoms with van der Waals surface area (Å²) in [6.07, 6.45) is 2.28. The highest BCUT2D eigenvalue weighted by Gasteiger charge is 2.17. The molecule has 4 N–H and O–H groups in total. The van der Waals surface area contributed by atoms with Crippen LogP contribution < -0.4 is 10.6 Å². The molecule has 1 rings (SSSR count). The van der Waals surface area contributed by atoms with Crippen LogP contribution in [0.3, 0.4) is 0 Å². The first kappa shape index (κ1) is 16.7. The highest BCUT2D eigenvalue weighted by Crippen LogP contribution is 2.11. The maximum absolute atomic E-state index is 11.5. The van der Waals surface area contributed by atoms with Crippen molar-refractivity contribution < 1.29 is 19.8 Å². The summed E-state index contributed by atoms with van der Waals surface area (Å²) in [4.78, 5) is 24.3. The largest absolute Gasteiger partial charge is 0.479 e. The third kappa shape index (κ3) is 6.21. The minimum atomic E-state index is -1.43. The van der Waals surface area contributed by atoms with E-state index in [1.807, 2.05) is 0 Å². The number of carbonyl (C=O) groups excluding carboxylic acids is 1. The number of aliphatic hydroxyl groups is 1. The van der Waals surface area contributed by atoms with Gasteiger partial charge in [0.2, 0.25) is 0 Å². The molecule has 0 aromatic rings. The van der Waals surface area contributed by atoms with Crippen molar-refractivity contribution >= 4 is 12.0 Å². The molecule has 2 atom stereocenters. The Labute approximate surface area is 119 Å². The summed E-state index contributed by atoms with van der Waals surface area (Å²) in [7, 11) is 0. The standard InChI is InChI=1S/C13H25N3O4/c1-10(16-7-3-2-4-8-16)9-15-13(20)14-6-5-11(17)12(18)19/h10-11,17H,2-9H2,1H3,(H,18,19)(H2,14,15,20)/t10?,11-/m0/s1. The van der Waals surface area contributed by atoms with E-state index in [1.165, 1.54) is 19.3 Å². The molecule has 1 fully saturated rings. The summed E-state index contributed by atoms with van der Waals surface area (Å²) >= 11 is 0. The number of hydrogen-bond acceptors (Lipinski definition) is 4. The second kappa shape index (κ2) is 8.76. The first-order chi connectivity index (χ1) is 9.50. The Kier molecular flexibility index (Phi) is 7.32. The van der Waals surface area contributed by atoms with Crippen LogP contribution in [0.5, 0.6) is 0 Å². The lowest BCUT2D eigenvalue weighted by molar-refractivity contribution is -0.146. The smallest absolute Gasteiger partial charge is 0.332 e. The van der Waals surface area contributed by atoms with Gasteiger partial charge in [-0.25, -0.2) is 9.59 Å². The third-order valence-electron chi connectivity index (χ3n) is 3.56. The van der Waals surface area contributed by atoms with Gasteiger partial charge in [-0.3, -0.25) is 4.90 Å². The van der Waals surface area contributed by atoms with Gasteiger partial charge in [0.1, 0.15) is 0 Å². The van der Waals surface area contributed by atoms with E-state index in [1.54, 1.807) is 0 Å². The Morgan fingerprint density at radius 3 is 2.45 bits per heavy atom. The van der Waals surface area contributed by atoms with E-state index >= 15 is 0 Å². The number of urea groups is 1. The predicted molar refractivity (Wildman–Crippen MR) is 74.5 cm³/mol. The Morgan fingerprint density at radius 1 is 1.20 bits per heavy atom. The molecular formula is C13H25N3O4. The van der Waals surface area contributed by atoms with E-state index in [0.717, 1.165) is 13.1 Å². The van der Waals surface area contributed by atoms with E-state index in [-0.39, 0.29) is 19.0 Å². The van der Waals surface area contributed by atoms with Crippen LogP contribution in [-0.4, -0.2) is 65.4 Å². The van der Waals surface area contributed by atoms with Gasteiger partial charge in [0.15, 0.2) is 6.10 Å². The molecule has 7 heteroatoms. The van der Waals surface area contributed by atoms with E-state index in [0.29, 0.717) is 12.6 Å². The quantitative estimate of drug-likeness (QED) is 0.528. The van der Waals surface area contributed by atoms with Crippen LogP contribution >= 0.6 is 0 Å². The van der Waals surface area contributed by atoms with Crippen LogP contribution in [0.4, 0.5) is 4.79 Å². The number of carboxylic acids is 1. The number of carboxylic acid groups (broad SMARTS) is 1. The highest BCUT2D eigenvalue weighted by atomic mass is 16.4. The Morgan fingerprint density at radius 2 is 1.85 bits per heavy atom. The van der Waals surface area contributed by atoms with Gasteiger partial charge < -0.3 is 20.8 Å². The molecule has 0 saturated carbocycles. The van der Waals surface area contributed by atoms with Crippen molar-refractivity contribution in [1.29, 1.82) is 0 Å². The zero-order valence-electron chi connectivity index (χ0n) is 12.0. The van der Waals surface area contributed by atoms with Crippen LogP contribution in [0, 0.1) is 0 Å². The van der Waals surface area contributed by atoms with E-state index in [4.69, 9.17) is 10.2 Å². The number of piperidine rings is 1. The number of carbonyl (C=O) groups is 2. The Bertz CT molecular complexity index is 319. The number of amides is 2. The second-order valence-corrected chi connectivity index (χ2v) is 5.23. The van der Waals surface area contributed by atoms with Gasteiger partial charge in [-0.1, -0.05) is 6.42 Å². The Balaban J connectivity index is 2.11. The van der Waals surface area contributed by atoms with Crippen LogP contribution in [0.25, 0.3) is 0 Å². The maximum Gasteiger partial charge on any atom is 0.332 e. The maximum atomic E-state index is 11.5. The molecule has 116 valence electrons. The van der Waals surface area contributed by atoms with Gasteiger partial charge >= 0.3 is 12.0 Å². The minimum absolute atomic E-state index is 0.00440. The van der Waals surface area contributed by atoms with Crippen LogP contribution in [0.15, 0.2) is 0 Å². The number of rotatable bonds is 7. The molecule has 0 aromatic heterocycles. The minimum Gasteiger partial charge on any atom is -0.479 e. The topological polar surface area (TPSA) is 102 Å². The van der Waals surface area contributed by atoms with Crippen LogP contribution in [0.1, 0.15) is 32.6 Å². The summed E-state index contributed by atoms with van der Waals surface area (Å²) < 4.78 is 0. The lowest BCUT2D eigenvalue weighted by Gasteiger charge is -2.32. The molecule has 1 aliphatic rings. The van der Waals surface area contributed by atoms with Gasteiger partial charge in [0, 0.05) is 25.6 Å². The number of likely N-dealkylation sites (tertiary alicyclic amines) is 1. The van der Waals surface area contributed by atoms with Gasteiger partial charge in [-0.05, 0) is 32.9 Å². The van der Waals surface area contributed by atoms with Crippen molar-refractivity contribution in [2.75, 3.05) is 26.2 Å². The average molecular weight is 287 g/mol.